The van der Waals surface area contributed by atoms with Crippen LogP contribution in [0.1, 0.15) is 64.6 Å². The number of ether oxygens (including phenoxy) is 1. The SMILES string of the molecule is CCCOc1c(C=CC(=O)c2ccc(C(=O)N(C)C)cc2)cc(CC)cc1CC. The van der Waals surface area contributed by atoms with Gasteiger partial charge in [-0.1, -0.05) is 39.0 Å². The van der Waals surface area contributed by atoms with Crippen molar-refractivity contribution in [1.29, 1.82) is 0 Å². The first kappa shape index (κ1) is 22.4. The second-order valence-corrected chi connectivity index (χ2v) is 7.20. The highest BCUT2D eigenvalue weighted by Crippen LogP contribution is 2.29. The van der Waals surface area contributed by atoms with Gasteiger partial charge < -0.3 is 9.64 Å². The third-order valence-electron chi connectivity index (χ3n) is 4.73. The molecule has 2 aromatic carbocycles. The topological polar surface area (TPSA) is 46.6 Å². The Morgan fingerprint density at radius 2 is 1.62 bits per heavy atom. The van der Waals surface area contributed by atoms with Gasteiger partial charge in [0.05, 0.1) is 6.61 Å². The molecule has 0 aliphatic rings. The molecule has 0 bridgehead atoms. The van der Waals surface area contributed by atoms with Crippen LogP contribution in [0.3, 0.4) is 0 Å². The van der Waals surface area contributed by atoms with Gasteiger partial charge in [-0.15, -0.1) is 0 Å². The number of benzene rings is 2. The largest absolute Gasteiger partial charge is 0.493 e. The molecule has 0 atom stereocenters. The molecule has 0 saturated heterocycles. The van der Waals surface area contributed by atoms with Crippen molar-refractivity contribution in [1.82, 2.24) is 4.90 Å². The molecule has 0 fully saturated rings. The molecule has 4 heteroatoms. The maximum atomic E-state index is 12.6. The van der Waals surface area contributed by atoms with E-state index >= 15 is 0 Å². The summed E-state index contributed by atoms with van der Waals surface area (Å²) in [6.45, 7) is 6.96. The number of carbonyl (C=O) groups is 2. The number of amides is 1. The van der Waals surface area contributed by atoms with E-state index in [2.05, 4.69) is 32.9 Å². The van der Waals surface area contributed by atoms with Crippen LogP contribution < -0.4 is 4.74 Å². The highest BCUT2D eigenvalue weighted by molar-refractivity contribution is 6.07. The number of hydrogen-bond acceptors (Lipinski definition) is 3. The van der Waals surface area contributed by atoms with E-state index in [0.29, 0.717) is 17.7 Å². The van der Waals surface area contributed by atoms with Gasteiger partial charge in [-0.05, 0) is 60.7 Å². The maximum Gasteiger partial charge on any atom is 0.253 e. The second kappa shape index (κ2) is 10.6. The molecule has 0 spiro atoms. The van der Waals surface area contributed by atoms with Crippen molar-refractivity contribution in [3.8, 4) is 5.75 Å². The molecule has 2 aromatic rings. The number of nitrogens with zero attached hydrogens (tertiary/aromatic N) is 1. The minimum atomic E-state index is -0.102. The van der Waals surface area contributed by atoms with E-state index < -0.39 is 0 Å². The molecule has 1 amide bonds. The lowest BCUT2D eigenvalue weighted by Crippen LogP contribution is -2.21. The zero-order valence-electron chi connectivity index (χ0n) is 18.1. The summed E-state index contributed by atoms with van der Waals surface area (Å²) < 4.78 is 6.01. The predicted molar refractivity (Wildman–Crippen MR) is 119 cm³/mol. The van der Waals surface area contributed by atoms with Gasteiger partial charge in [0.1, 0.15) is 5.75 Å². The van der Waals surface area contributed by atoms with Gasteiger partial charge in [-0.2, -0.15) is 0 Å². The molecule has 0 N–H and O–H groups in total. The summed E-state index contributed by atoms with van der Waals surface area (Å²) in [5.41, 5.74) is 4.44. The zero-order chi connectivity index (χ0) is 21.4. The number of ketones is 1. The van der Waals surface area contributed by atoms with Crippen LogP contribution in [0.2, 0.25) is 0 Å². The highest BCUT2D eigenvalue weighted by Gasteiger charge is 2.11. The molecule has 4 nitrogen and oxygen atoms in total. The van der Waals surface area contributed by atoms with Gasteiger partial charge in [-0.3, -0.25) is 9.59 Å². The minimum Gasteiger partial charge on any atom is -0.493 e. The zero-order valence-corrected chi connectivity index (χ0v) is 18.1. The first-order valence-corrected chi connectivity index (χ1v) is 10.2. The van der Waals surface area contributed by atoms with Crippen LogP contribution in [0.15, 0.2) is 42.5 Å². The van der Waals surface area contributed by atoms with Crippen LogP contribution in [0, 0.1) is 0 Å². The molecule has 2 rings (SSSR count). The van der Waals surface area contributed by atoms with Gasteiger partial charge in [0, 0.05) is 30.8 Å². The smallest absolute Gasteiger partial charge is 0.253 e. The minimum absolute atomic E-state index is 0.0827. The van der Waals surface area contributed by atoms with Crippen molar-refractivity contribution >= 4 is 17.8 Å². The third-order valence-corrected chi connectivity index (χ3v) is 4.73. The predicted octanol–water partition coefficient (Wildman–Crippen LogP) is 5.20. The van der Waals surface area contributed by atoms with Crippen LogP contribution in [0.4, 0.5) is 0 Å². The summed E-state index contributed by atoms with van der Waals surface area (Å²) in [6, 6.07) is 11.0. The molecule has 0 saturated carbocycles. The molecule has 0 heterocycles. The Bertz CT molecular complexity index is 880. The van der Waals surface area contributed by atoms with Crippen molar-refractivity contribution in [2.45, 2.75) is 40.0 Å². The van der Waals surface area contributed by atoms with Crippen LogP contribution in [0.25, 0.3) is 6.08 Å². The summed E-state index contributed by atoms with van der Waals surface area (Å²) in [6.07, 6.45) is 6.15. The van der Waals surface area contributed by atoms with Crippen LogP contribution in [-0.2, 0) is 12.8 Å². The van der Waals surface area contributed by atoms with Gasteiger partial charge in [0.2, 0.25) is 0 Å². The first-order valence-electron chi connectivity index (χ1n) is 10.2. The summed E-state index contributed by atoms with van der Waals surface area (Å²) in [4.78, 5) is 26.2. The molecule has 0 unspecified atom stereocenters. The molecule has 0 aliphatic carbocycles. The van der Waals surface area contributed by atoms with Crippen molar-refractivity contribution < 1.29 is 14.3 Å². The maximum absolute atomic E-state index is 12.6. The number of carbonyl (C=O) groups excluding carboxylic acids is 2. The summed E-state index contributed by atoms with van der Waals surface area (Å²) >= 11 is 0. The van der Waals surface area contributed by atoms with Gasteiger partial charge >= 0.3 is 0 Å². The monoisotopic (exact) mass is 393 g/mol. The molecule has 0 radical (unpaired) electrons. The average molecular weight is 394 g/mol. The molecule has 29 heavy (non-hydrogen) atoms. The van der Waals surface area contributed by atoms with Crippen molar-refractivity contribution in [3.63, 3.8) is 0 Å². The van der Waals surface area contributed by atoms with Gasteiger partial charge in [0.25, 0.3) is 5.91 Å². The molecular weight excluding hydrogens is 362 g/mol. The quantitative estimate of drug-likeness (QED) is 0.435. The van der Waals surface area contributed by atoms with E-state index in [0.717, 1.165) is 36.1 Å². The Hall–Kier alpha value is -2.88. The highest BCUT2D eigenvalue weighted by atomic mass is 16.5. The standard InChI is InChI=1S/C25H31NO3/c1-6-15-29-24-19(8-3)16-18(7-2)17-22(24)13-14-23(27)20-9-11-21(12-10-20)25(28)26(4)5/h9-14,16-17H,6-8,15H2,1-5H3. The van der Waals surface area contributed by atoms with Gasteiger partial charge in [-0.25, -0.2) is 0 Å². The Morgan fingerprint density at radius 1 is 0.966 bits per heavy atom. The average Bonchev–Trinajstić information content (AvgIpc) is 2.75. The van der Waals surface area contributed by atoms with E-state index in [1.54, 1.807) is 44.4 Å². The Labute approximate surface area is 174 Å². The van der Waals surface area contributed by atoms with E-state index in [9.17, 15) is 9.59 Å². The molecule has 0 aliphatic heterocycles. The number of allylic oxidation sites excluding steroid dienone is 1. The van der Waals surface area contributed by atoms with E-state index in [1.165, 1.54) is 10.5 Å². The lowest BCUT2D eigenvalue weighted by atomic mass is 9.99. The fraction of sp³-hybridized carbons (Fsp3) is 0.360. The number of rotatable bonds is 9. The Kier molecular flexibility index (Phi) is 8.20. The number of aryl methyl sites for hydroxylation is 2. The normalized spacial score (nSPS) is 10.9. The van der Waals surface area contributed by atoms with E-state index in [1.807, 2.05) is 6.08 Å². The first-order chi connectivity index (χ1) is 13.9. The van der Waals surface area contributed by atoms with Crippen LogP contribution in [0.5, 0.6) is 5.75 Å². The van der Waals surface area contributed by atoms with Crippen molar-refractivity contribution in [3.05, 3.63) is 70.3 Å². The Balaban J connectivity index is 2.29. The van der Waals surface area contributed by atoms with E-state index in [-0.39, 0.29) is 11.7 Å². The lowest BCUT2D eigenvalue weighted by Gasteiger charge is -2.15. The van der Waals surface area contributed by atoms with Crippen LogP contribution >= 0.6 is 0 Å². The third kappa shape index (κ3) is 5.80. The van der Waals surface area contributed by atoms with Crippen LogP contribution in [-0.4, -0.2) is 37.3 Å². The molecular formula is C25H31NO3. The fourth-order valence-corrected chi connectivity index (χ4v) is 3.05. The van der Waals surface area contributed by atoms with Gasteiger partial charge in [0.15, 0.2) is 5.78 Å². The van der Waals surface area contributed by atoms with E-state index in [4.69, 9.17) is 4.74 Å². The number of hydrogen-bond donors (Lipinski definition) is 0. The summed E-state index contributed by atoms with van der Waals surface area (Å²) in [5.74, 6) is 0.679. The Morgan fingerprint density at radius 3 is 2.17 bits per heavy atom. The fourth-order valence-electron chi connectivity index (χ4n) is 3.05. The summed E-state index contributed by atoms with van der Waals surface area (Å²) in [5, 5.41) is 0. The second-order valence-electron chi connectivity index (χ2n) is 7.20. The summed E-state index contributed by atoms with van der Waals surface area (Å²) in [7, 11) is 3.41. The lowest BCUT2D eigenvalue weighted by molar-refractivity contribution is 0.0827. The molecule has 154 valence electrons. The van der Waals surface area contributed by atoms with Crippen molar-refractivity contribution in [2.24, 2.45) is 0 Å². The molecule has 0 aromatic heterocycles. The van der Waals surface area contributed by atoms with Crippen molar-refractivity contribution in [2.75, 3.05) is 20.7 Å².